The number of carbonyl (C=O) groups is 1. The van der Waals surface area contributed by atoms with Crippen molar-refractivity contribution in [2.75, 3.05) is 0 Å². The smallest absolute Gasteiger partial charge is 0.328 e. The van der Waals surface area contributed by atoms with E-state index >= 15 is 0 Å². The van der Waals surface area contributed by atoms with E-state index in [1.54, 1.807) is 12.2 Å². The minimum Gasteiger partial charge on any atom is -0.478 e. The molecule has 2 nitrogen and oxygen atoms in total. The number of hydrogen-bond donors (Lipinski definition) is 1. The van der Waals surface area contributed by atoms with Crippen LogP contribution in [0.15, 0.2) is 60.8 Å². The van der Waals surface area contributed by atoms with E-state index < -0.39 is 5.97 Å². The highest BCUT2D eigenvalue weighted by atomic mass is 16.4. The molecule has 1 N–H and O–H groups in total. The molecule has 0 aromatic heterocycles. The fourth-order valence-electron chi connectivity index (χ4n) is 2.45. The van der Waals surface area contributed by atoms with Crippen LogP contribution >= 0.6 is 0 Å². The summed E-state index contributed by atoms with van der Waals surface area (Å²) in [6.07, 6.45) is 33.2. The molecule has 2 heteroatoms. The Balaban J connectivity index is 3.41. The van der Waals surface area contributed by atoms with Gasteiger partial charge in [0.2, 0.25) is 0 Å². The third-order valence-corrected chi connectivity index (χ3v) is 3.88. The maximum atomic E-state index is 10.2. The van der Waals surface area contributed by atoms with Crippen molar-refractivity contribution >= 4 is 5.97 Å². The Bertz CT molecular complexity index is 439. The Kier molecular flexibility index (Phi) is 18.7. The van der Waals surface area contributed by atoms with Gasteiger partial charge in [0.1, 0.15) is 0 Å². The highest BCUT2D eigenvalue weighted by molar-refractivity contribution is 5.80. The Morgan fingerprint density at radius 1 is 0.640 bits per heavy atom. The monoisotopic (exact) mass is 344 g/mol. The van der Waals surface area contributed by atoms with Gasteiger partial charge in [0.25, 0.3) is 0 Å². The molecule has 25 heavy (non-hydrogen) atoms. The van der Waals surface area contributed by atoms with Crippen LogP contribution in [0, 0.1) is 0 Å². The molecule has 0 atom stereocenters. The lowest BCUT2D eigenvalue weighted by molar-refractivity contribution is -0.131. The van der Waals surface area contributed by atoms with Crippen molar-refractivity contribution in [1.29, 1.82) is 0 Å². The maximum Gasteiger partial charge on any atom is 0.328 e. The Hall–Kier alpha value is -1.83. The average molecular weight is 345 g/mol. The van der Waals surface area contributed by atoms with Crippen LogP contribution in [0.2, 0.25) is 0 Å². The summed E-state index contributed by atoms with van der Waals surface area (Å²) in [7, 11) is 0. The number of hydrogen-bond acceptors (Lipinski definition) is 1. The van der Waals surface area contributed by atoms with E-state index in [0.717, 1.165) is 12.5 Å². The molecule has 0 saturated carbocycles. The van der Waals surface area contributed by atoms with Crippen LogP contribution in [0.5, 0.6) is 0 Å². The first-order chi connectivity index (χ1) is 12.3. The first kappa shape index (κ1) is 23.2. The van der Waals surface area contributed by atoms with Gasteiger partial charge in [0.15, 0.2) is 0 Å². The lowest BCUT2D eigenvalue weighted by atomic mass is 10.1. The quantitative estimate of drug-likeness (QED) is 0.183. The molecule has 0 fully saturated rings. The molecular formula is C23H36O2. The molecule has 0 rings (SSSR count). The van der Waals surface area contributed by atoms with Crippen molar-refractivity contribution in [3.05, 3.63) is 60.8 Å². The van der Waals surface area contributed by atoms with Crippen molar-refractivity contribution < 1.29 is 9.90 Å². The number of rotatable bonds is 16. The molecule has 0 amide bonds. The van der Waals surface area contributed by atoms with E-state index in [0.29, 0.717) is 0 Å². The molecule has 0 radical (unpaired) electrons. The maximum absolute atomic E-state index is 10.2. The molecule has 0 heterocycles. The fourth-order valence-corrected chi connectivity index (χ4v) is 2.45. The van der Waals surface area contributed by atoms with Crippen LogP contribution in [0.1, 0.15) is 77.6 Å². The summed E-state index contributed by atoms with van der Waals surface area (Å²) in [6.45, 7) is 2.27. The van der Waals surface area contributed by atoms with Gasteiger partial charge in [0, 0.05) is 6.08 Å². The first-order valence-electron chi connectivity index (χ1n) is 9.83. The van der Waals surface area contributed by atoms with E-state index in [1.807, 2.05) is 24.3 Å². The minimum atomic E-state index is -0.930. The van der Waals surface area contributed by atoms with Crippen LogP contribution in [0.3, 0.4) is 0 Å². The lowest BCUT2D eigenvalue weighted by Crippen LogP contribution is -1.84. The van der Waals surface area contributed by atoms with E-state index in [9.17, 15) is 4.79 Å². The van der Waals surface area contributed by atoms with Crippen molar-refractivity contribution in [1.82, 2.24) is 0 Å². The van der Waals surface area contributed by atoms with Crippen LogP contribution in [0.4, 0.5) is 0 Å². The van der Waals surface area contributed by atoms with Crippen LogP contribution in [0.25, 0.3) is 0 Å². The zero-order valence-electron chi connectivity index (χ0n) is 15.9. The molecule has 0 aromatic carbocycles. The number of aliphatic carboxylic acids is 1. The van der Waals surface area contributed by atoms with E-state index in [2.05, 4.69) is 19.1 Å². The number of carboxylic acid groups (broad SMARTS) is 1. The largest absolute Gasteiger partial charge is 0.478 e. The normalized spacial score (nSPS) is 12.7. The van der Waals surface area contributed by atoms with Crippen molar-refractivity contribution in [2.45, 2.75) is 77.6 Å². The number of carboxylic acids is 1. The zero-order valence-corrected chi connectivity index (χ0v) is 15.9. The highest BCUT2D eigenvalue weighted by Crippen LogP contribution is 2.11. The van der Waals surface area contributed by atoms with Gasteiger partial charge >= 0.3 is 5.97 Å². The van der Waals surface area contributed by atoms with E-state index in [-0.39, 0.29) is 0 Å². The predicted octanol–water partition coefficient (Wildman–Crippen LogP) is 7.16. The van der Waals surface area contributed by atoms with Gasteiger partial charge in [-0.2, -0.15) is 0 Å². The lowest BCUT2D eigenvalue weighted by Gasteiger charge is -2.01. The van der Waals surface area contributed by atoms with Gasteiger partial charge in [-0.05, 0) is 12.8 Å². The van der Waals surface area contributed by atoms with Crippen LogP contribution in [-0.2, 0) is 4.79 Å². The highest BCUT2D eigenvalue weighted by Gasteiger charge is 1.91. The summed E-state index contributed by atoms with van der Waals surface area (Å²) in [5.41, 5.74) is 0. The summed E-state index contributed by atoms with van der Waals surface area (Å²) < 4.78 is 0. The summed E-state index contributed by atoms with van der Waals surface area (Å²) in [6, 6.07) is 0. The second-order valence-electron chi connectivity index (χ2n) is 6.25. The predicted molar refractivity (Wildman–Crippen MR) is 110 cm³/mol. The molecule has 0 saturated heterocycles. The van der Waals surface area contributed by atoms with Crippen molar-refractivity contribution in [2.24, 2.45) is 0 Å². The van der Waals surface area contributed by atoms with Gasteiger partial charge in [-0.15, -0.1) is 0 Å². The van der Waals surface area contributed by atoms with E-state index in [4.69, 9.17) is 5.11 Å². The molecule has 0 aromatic rings. The summed E-state index contributed by atoms with van der Waals surface area (Å²) in [5, 5.41) is 8.41. The van der Waals surface area contributed by atoms with Gasteiger partial charge in [-0.1, -0.05) is 119 Å². The number of unbranched alkanes of at least 4 members (excludes halogenated alkanes) is 10. The van der Waals surface area contributed by atoms with Crippen LogP contribution < -0.4 is 0 Å². The molecule has 0 spiro atoms. The van der Waals surface area contributed by atoms with Gasteiger partial charge in [0.05, 0.1) is 0 Å². The summed E-state index contributed by atoms with van der Waals surface area (Å²) in [4.78, 5) is 10.2. The summed E-state index contributed by atoms with van der Waals surface area (Å²) >= 11 is 0. The van der Waals surface area contributed by atoms with Crippen LogP contribution in [-0.4, -0.2) is 11.1 Å². The third-order valence-electron chi connectivity index (χ3n) is 3.88. The fraction of sp³-hybridized carbons (Fsp3) is 0.522. The van der Waals surface area contributed by atoms with E-state index in [1.165, 1.54) is 70.3 Å². The number of allylic oxidation sites excluding steroid dienone is 9. The topological polar surface area (TPSA) is 37.3 Å². The zero-order chi connectivity index (χ0) is 18.4. The van der Waals surface area contributed by atoms with Gasteiger partial charge < -0.3 is 5.11 Å². The average Bonchev–Trinajstić information content (AvgIpc) is 2.60. The first-order valence-corrected chi connectivity index (χ1v) is 9.83. The van der Waals surface area contributed by atoms with Gasteiger partial charge in [-0.3, -0.25) is 0 Å². The molecule has 140 valence electrons. The molecule has 0 aliphatic carbocycles. The molecule has 0 unspecified atom stereocenters. The Morgan fingerprint density at radius 3 is 1.60 bits per heavy atom. The second kappa shape index (κ2) is 20.2. The SMILES string of the molecule is CCCCCCCCCCCCC=CC=CC=CC=CC=CC(=O)O. The molecular weight excluding hydrogens is 308 g/mol. The molecule has 0 aliphatic rings. The standard InChI is InChI=1S/C23H36O2/c1-2-3-4-5-6-7-8-9-10-11-12-13-14-15-16-17-18-19-20-21-22-23(24)25/h13-22H,2-12H2,1H3,(H,24,25). The second-order valence-corrected chi connectivity index (χ2v) is 6.25. The Labute approximate surface area is 154 Å². The summed E-state index contributed by atoms with van der Waals surface area (Å²) in [5.74, 6) is -0.930. The van der Waals surface area contributed by atoms with Crippen molar-refractivity contribution in [3.63, 3.8) is 0 Å². The molecule has 0 bridgehead atoms. The third kappa shape index (κ3) is 22.2. The van der Waals surface area contributed by atoms with Crippen molar-refractivity contribution in [3.8, 4) is 0 Å². The van der Waals surface area contributed by atoms with Gasteiger partial charge in [-0.25, -0.2) is 4.79 Å². The molecule has 0 aliphatic heterocycles. The Morgan fingerprint density at radius 2 is 1.08 bits per heavy atom. The minimum absolute atomic E-state index is 0.930.